The maximum atomic E-state index is 10.2. The van der Waals surface area contributed by atoms with E-state index in [0.717, 1.165) is 18.8 Å². The molecule has 0 saturated heterocycles. The molecule has 0 bridgehead atoms. The average Bonchev–Trinajstić information content (AvgIpc) is 2.07. The normalized spacial score (nSPS) is 49.8. The second-order valence-electron chi connectivity index (χ2n) is 7.42. The van der Waals surface area contributed by atoms with Crippen LogP contribution in [0.4, 0.5) is 0 Å². The van der Waals surface area contributed by atoms with Crippen molar-refractivity contribution < 1.29 is 5.11 Å². The summed E-state index contributed by atoms with van der Waals surface area (Å²) >= 11 is 0. The number of hydrogen-bond donors (Lipinski definition) is 1. The zero-order valence-electron chi connectivity index (χ0n) is 10.8. The van der Waals surface area contributed by atoms with E-state index >= 15 is 0 Å². The average molecular weight is 210 g/mol. The smallest absolute Gasteiger partial charge is 0.0622 e. The Bertz CT molecular complexity index is 230. The Morgan fingerprint density at radius 1 is 0.867 bits per heavy atom. The Morgan fingerprint density at radius 2 is 1.47 bits per heavy atom. The molecule has 0 unspecified atom stereocenters. The van der Waals surface area contributed by atoms with Crippen LogP contribution in [0.25, 0.3) is 0 Å². The Labute approximate surface area is 94.3 Å². The first-order valence-corrected chi connectivity index (χ1v) is 6.45. The van der Waals surface area contributed by atoms with Gasteiger partial charge >= 0.3 is 0 Å². The molecular weight excluding hydrogens is 184 g/mol. The van der Waals surface area contributed by atoms with Crippen LogP contribution in [-0.4, -0.2) is 10.7 Å². The predicted molar refractivity (Wildman–Crippen MR) is 63.7 cm³/mol. The van der Waals surface area contributed by atoms with Gasteiger partial charge in [-0.25, -0.2) is 0 Å². The van der Waals surface area contributed by atoms with Crippen LogP contribution < -0.4 is 0 Å². The maximum Gasteiger partial charge on any atom is 0.0622 e. The SMILES string of the molecule is CC1(C)CC[C@]2(C)CC[C@@](C)(O)C[C@@H]2C1. The predicted octanol–water partition coefficient (Wildman–Crippen LogP) is 3.75. The number of hydrogen-bond acceptors (Lipinski definition) is 1. The van der Waals surface area contributed by atoms with E-state index in [1.54, 1.807) is 0 Å². The van der Waals surface area contributed by atoms with Gasteiger partial charge in [0.25, 0.3) is 0 Å². The standard InChI is InChI=1S/C14H26O/c1-12(2)5-6-13(3)7-8-14(4,15)10-11(13)9-12/h11,15H,5-10H2,1-4H3/t11-,13+,14+/m0/s1. The monoisotopic (exact) mass is 210 g/mol. The molecule has 2 fully saturated rings. The summed E-state index contributed by atoms with van der Waals surface area (Å²) in [6, 6.07) is 0. The summed E-state index contributed by atoms with van der Waals surface area (Å²) in [5, 5.41) is 10.2. The highest BCUT2D eigenvalue weighted by Crippen LogP contribution is 2.56. The third kappa shape index (κ3) is 2.22. The molecule has 2 saturated carbocycles. The Balaban J connectivity index is 2.15. The molecule has 0 spiro atoms. The van der Waals surface area contributed by atoms with Gasteiger partial charge in [0.1, 0.15) is 0 Å². The third-order valence-corrected chi connectivity index (χ3v) is 5.08. The minimum absolute atomic E-state index is 0.391. The van der Waals surface area contributed by atoms with Crippen molar-refractivity contribution in [2.75, 3.05) is 0 Å². The van der Waals surface area contributed by atoms with Gasteiger partial charge in [-0.2, -0.15) is 0 Å². The molecule has 0 aromatic heterocycles. The van der Waals surface area contributed by atoms with E-state index in [9.17, 15) is 5.11 Å². The van der Waals surface area contributed by atoms with E-state index in [1.807, 2.05) is 6.92 Å². The van der Waals surface area contributed by atoms with E-state index in [1.165, 1.54) is 25.7 Å². The first-order valence-electron chi connectivity index (χ1n) is 6.45. The van der Waals surface area contributed by atoms with Crippen molar-refractivity contribution in [2.24, 2.45) is 16.7 Å². The lowest BCUT2D eigenvalue weighted by Gasteiger charge is -2.53. The molecule has 3 atom stereocenters. The molecular formula is C14H26O. The molecule has 15 heavy (non-hydrogen) atoms. The Kier molecular flexibility index (Phi) is 2.46. The number of aliphatic hydroxyl groups is 1. The fraction of sp³-hybridized carbons (Fsp3) is 1.00. The van der Waals surface area contributed by atoms with Crippen molar-refractivity contribution in [1.82, 2.24) is 0 Å². The minimum atomic E-state index is -0.391. The lowest BCUT2D eigenvalue weighted by atomic mass is 9.53. The van der Waals surface area contributed by atoms with Crippen LogP contribution in [0.2, 0.25) is 0 Å². The number of fused-ring (bicyclic) bond motifs is 1. The largest absolute Gasteiger partial charge is 0.390 e. The van der Waals surface area contributed by atoms with E-state index < -0.39 is 5.60 Å². The topological polar surface area (TPSA) is 20.2 Å². The molecule has 0 aliphatic heterocycles. The zero-order valence-corrected chi connectivity index (χ0v) is 10.8. The minimum Gasteiger partial charge on any atom is -0.390 e. The lowest BCUT2D eigenvalue weighted by molar-refractivity contribution is -0.0873. The van der Waals surface area contributed by atoms with Crippen molar-refractivity contribution in [2.45, 2.75) is 71.8 Å². The van der Waals surface area contributed by atoms with Crippen LogP contribution in [0.1, 0.15) is 66.2 Å². The van der Waals surface area contributed by atoms with Gasteiger partial charge in [0.15, 0.2) is 0 Å². The van der Waals surface area contributed by atoms with Gasteiger partial charge in [0.05, 0.1) is 5.60 Å². The van der Waals surface area contributed by atoms with Crippen LogP contribution in [0.5, 0.6) is 0 Å². The molecule has 88 valence electrons. The summed E-state index contributed by atoms with van der Waals surface area (Å²) in [7, 11) is 0. The van der Waals surface area contributed by atoms with Crippen molar-refractivity contribution in [3.05, 3.63) is 0 Å². The fourth-order valence-electron chi connectivity index (χ4n) is 3.68. The zero-order chi connectivity index (χ0) is 11.3. The summed E-state index contributed by atoms with van der Waals surface area (Å²) in [5.74, 6) is 0.741. The molecule has 0 radical (unpaired) electrons. The van der Waals surface area contributed by atoms with E-state index in [4.69, 9.17) is 0 Å². The van der Waals surface area contributed by atoms with Gasteiger partial charge in [-0.05, 0) is 62.2 Å². The van der Waals surface area contributed by atoms with Crippen molar-refractivity contribution in [3.63, 3.8) is 0 Å². The molecule has 0 aromatic rings. The quantitative estimate of drug-likeness (QED) is 0.645. The molecule has 1 heteroatoms. The fourth-order valence-corrected chi connectivity index (χ4v) is 3.68. The van der Waals surface area contributed by atoms with Gasteiger partial charge in [-0.15, -0.1) is 0 Å². The van der Waals surface area contributed by atoms with Crippen LogP contribution in [-0.2, 0) is 0 Å². The molecule has 1 nitrogen and oxygen atoms in total. The van der Waals surface area contributed by atoms with Crippen molar-refractivity contribution in [1.29, 1.82) is 0 Å². The van der Waals surface area contributed by atoms with Gasteiger partial charge in [0, 0.05) is 0 Å². The van der Waals surface area contributed by atoms with E-state index in [2.05, 4.69) is 20.8 Å². The lowest BCUT2D eigenvalue weighted by Crippen LogP contribution is -2.47. The molecule has 2 aliphatic rings. The van der Waals surface area contributed by atoms with Crippen molar-refractivity contribution in [3.8, 4) is 0 Å². The summed E-state index contributed by atoms with van der Waals surface area (Å²) in [6.07, 6.45) is 7.27. The molecule has 1 N–H and O–H groups in total. The summed E-state index contributed by atoms with van der Waals surface area (Å²) in [6.45, 7) is 9.24. The highest BCUT2D eigenvalue weighted by atomic mass is 16.3. The first-order chi connectivity index (χ1) is 6.73. The summed E-state index contributed by atoms with van der Waals surface area (Å²) < 4.78 is 0. The second-order valence-corrected chi connectivity index (χ2v) is 7.42. The van der Waals surface area contributed by atoms with Crippen LogP contribution >= 0.6 is 0 Å². The molecule has 0 aromatic carbocycles. The molecule has 2 aliphatic carbocycles. The Hall–Kier alpha value is -0.0400. The van der Waals surface area contributed by atoms with Crippen molar-refractivity contribution >= 4 is 0 Å². The summed E-state index contributed by atoms with van der Waals surface area (Å²) in [5.41, 5.74) is 0.632. The van der Waals surface area contributed by atoms with Crippen LogP contribution in [0.3, 0.4) is 0 Å². The third-order valence-electron chi connectivity index (χ3n) is 5.08. The number of rotatable bonds is 0. The highest BCUT2D eigenvalue weighted by Gasteiger charge is 2.48. The van der Waals surface area contributed by atoms with Crippen LogP contribution in [0, 0.1) is 16.7 Å². The van der Waals surface area contributed by atoms with Gasteiger partial charge in [-0.3, -0.25) is 0 Å². The Morgan fingerprint density at radius 3 is 2.13 bits per heavy atom. The second kappa shape index (κ2) is 3.23. The first kappa shape index (κ1) is 11.4. The van der Waals surface area contributed by atoms with Crippen LogP contribution in [0.15, 0.2) is 0 Å². The summed E-state index contributed by atoms with van der Waals surface area (Å²) in [4.78, 5) is 0. The van der Waals surface area contributed by atoms with Gasteiger partial charge in [0.2, 0.25) is 0 Å². The maximum absolute atomic E-state index is 10.2. The van der Waals surface area contributed by atoms with E-state index in [-0.39, 0.29) is 0 Å². The molecule has 0 amide bonds. The molecule has 2 rings (SSSR count). The molecule has 0 heterocycles. The van der Waals surface area contributed by atoms with Gasteiger partial charge < -0.3 is 5.11 Å². The van der Waals surface area contributed by atoms with E-state index in [0.29, 0.717) is 10.8 Å². The van der Waals surface area contributed by atoms with Gasteiger partial charge in [-0.1, -0.05) is 20.8 Å². The highest BCUT2D eigenvalue weighted by molar-refractivity contribution is 4.99.